The van der Waals surface area contributed by atoms with Gasteiger partial charge < -0.3 is 10.6 Å². The zero-order chi connectivity index (χ0) is 25.3. The lowest BCUT2D eigenvalue weighted by Crippen LogP contribution is -2.32. The highest BCUT2D eigenvalue weighted by atomic mass is 35.5. The van der Waals surface area contributed by atoms with Crippen molar-refractivity contribution in [1.29, 1.82) is 0 Å². The highest BCUT2D eigenvalue weighted by Crippen LogP contribution is 2.31. The molecule has 2 N–H and O–H groups in total. The highest BCUT2D eigenvalue weighted by Gasteiger charge is 2.39. The molecule has 1 heterocycles. The topological polar surface area (TPSA) is 78.5 Å². The average molecular weight is 488 g/mol. The number of hydrogen-bond acceptors (Lipinski definition) is 4. The van der Waals surface area contributed by atoms with Crippen LogP contribution in [0.15, 0.2) is 77.5 Å². The van der Waals surface area contributed by atoms with Gasteiger partial charge in [-0.05, 0) is 67.3 Å². The number of carbonyl (C=O) groups excluding carboxylic acids is 3. The van der Waals surface area contributed by atoms with Crippen LogP contribution in [0.3, 0.4) is 0 Å². The van der Waals surface area contributed by atoms with E-state index in [1.54, 1.807) is 30.3 Å². The molecule has 0 aliphatic carbocycles. The van der Waals surface area contributed by atoms with Crippen LogP contribution in [0.4, 0.5) is 17.1 Å². The van der Waals surface area contributed by atoms with Gasteiger partial charge >= 0.3 is 0 Å². The van der Waals surface area contributed by atoms with Crippen molar-refractivity contribution in [3.05, 3.63) is 99.7 Å². The van der Waals surface area contributed by atoms with Crippen molar-refractivity contribution < 1.29 is 14.4 Å². The molecular weight excluding hydrogens is 462 g/mol. The summed E-state index contributed by atoms with van der Waals surface area (Å²) in [5.74, 6) is -1.04. The van der Waals surface area contributed by atoms with Crippen molar-refractivity contribution in [2.75, 3.05) is 15.5 Å². The van der Waals surface area contributed by atoms with Gasteiger partial charge in [0.05, 0.1) is 5.69 Å². The van der Waals surface area contributed by atoms with Crippen molar-refractivity contribution in [3.63, 3.8) is 0 Å². The van der Waals surface area contributed by atoms with Crippen LogP contribution in [0.1, 0.15) is 46.8 Å². The largest absolute Gasteiger partial charge is 0.349 e. The maximum absolute atomic E-state index is 13.1. The summed E-state index contributed by atoms with van der Waals surface area (Å²) in [7, 11) is 0. The van der Waals surface area contributed by atoms with E-state index in [2.05, 4.69) is 24.5 Å². The van der Waals surface area contributed by atoms with E-state index >= 15 is 0 Å². The first-order chi connectivity index (χ1) is 16.7. The van der Waals surface area contributed by atoms with Crippen molar-refractivity contribution in [1.82, 2.24) is 0 Å². The minimum absolute atomic E-state index is 0.0258. The van der Waals surface area contributed by atoms with Crippen molar-refractivity contribution in [2.24, 2.45) is 0 Å². The lowest BCUT2D eigenvalue weighted by atomic mass is 10.0. The Balaban J connectivity index is 1.54. The van der Waals surface area contributed by atoms with Crippen LogP contribution < -0.4 is 15.5 Å². The molecule has 0 bridgehead atoms. The van der Waals surface area contributed by atoms with Crippen LogP contribution in [0, 0.1) is 13.8 Å². The lowest BCUT2D eigenvalue weighted by molar-refractivity contribution is -0.120. The first-order valence-electron chi connectivity index (χ1n) is 11.3. The van der Waals surface area contributed by atoms with E-state index < -0.39 is 11.8 Å². The summed E-state index contributed by atoms with van der Waals surface area (Å²) in [4.78, 5) is 39.7. The van der Waals surface area contributed by atoms with Gasteiger partial charge in [-0.3, -0.25) is 14.4 Å². The van der Waals surface area contributed by atoms with Gasteiger partial charge in [0.25, 0.3) is 17.7 Å². The maximum Gasteiger partial charge on any atom is 0.283 e. The molecule has 0 atom stereocenters. The molecule has 6 nitrogen and oxygen atoms in total. The number of aryl methyl sites for hydroxylation is 2. The first-order valence-corrected chi connectivity index (χ1v) is 11.7. The molecule has 0 unspecified atom stereocenters. The lowest BCUT2D eigenvalue weighted by Gasteiger charge is -2.16. The van der Waals surface area contributed by atoms with Gasteiger partial charge in [0.2, 0.25) is 0 Å². The van der Waals surface area contributed by atoms with Gasteiger partial charge in [0.15, 0.2) is 0 Å². The zero-order valence-corrected chi connectivity index (χ0v) is 20.7. The Bertz CT molecular complexity index is 1340. The third kappa shape index (κ3) is 4.98. The molecule has 1 aliphatic heterocycles. The molecule has 4 rings (SSSR count). The molecule has 0 radical (unpaired) electrons. The molecule has 0 spiro atoms. The molecule has 7 heteroatoms. The molecule has 0 fully saturated rings. The fourth-order valence-corrected chi connectivity index (χ4v) is 3.94. The molecule has 0 saturated heterocycles. The molecule has 0 aromatic heterocycles. The van der Waals surface area contributed by atoms with Gasteiger partial charge in [0.1, 0.15) is 10.7 Å². The van der Waals surface area contributed by atoms with Gasteiger partial charge in [-0.1, -0.05) is 61.3 Å². The third-order valence-corrected chi connectivity index (χ3v) is 6.26. The second-order valence-corrected chi connectivity index (χ2v) is 9.23. The maximum atomic E-state index is 13.1. The Morgan fingerprint density at radius 3 is 2.17 bits per heavy atom. The number of anilines is 3. The van der Waals surface area contributed by atoms with E-state index in [1.165, 1.54) is 5.56 Å². The summed E-state index contributed by atoms with van der Waals surface area (Å²) in [5, 5.41) is 5.67. The number of imide groups is 1. The minimum atomic E-state index is -0.598. The predicted octanol–water partition coefficient (Wildman–Crippen LogP) is 6.11. The van der Waals surface area contributed by atoms with Crippen LogP contribution in [0.5, 0.6) is 0 Å². The second kappa shape index (κ2) is 9.76. The van der Waals surface area contributed by atoms with Crippen LogP contribution in [0.25, 0.3) is 0 Å². The third-order valence-electron chi connectivity index (χ3n) is 5.91. The van der Waals surface area contributed by atoms with E-state index in [9.17, 15) is 14.4 Å². The SMILES string of the molecule is Cc1ccc(N2C(=O)C(Cl)=C(Nc3cc(C(=O)Nc4ccc(C(C)C)cc4)ccc3C)C2=O)cc1. The normalized spacial score (nSPS) is 13.6. The highest BCUT2D eigenvalue weighted by molar-refractivity contribution is 6.53. The molecular formula is C28H26ClN3O3. The predicted molar refractivity (Wildman–Crippen MR) is 140 cm³/mol. The number of benzene rings is 3. The summed E-state index contributed by atoms with van der Waals surface area (Å²) < 4.78 is 0. The Morgan fingerprint density at radius 2 is 1.54 bits per heavy atom. The molecule has 178 valence electrons. The Hall–Kier alpha value is -3.90. The summed E-state index contributed by atoms with van der Waals surface area (Å²) >= 11 is 6.27. The van der Waals surface area contributed by atoms with E-state index in [-0.39, 0.29) is 16.6 Å². The number of carbonyl (C=O) groups is 3. The van der Waals surface area contributed by atoms with Crippen LogP contribution in [-0.4, -0.2) is 17.7 Å². The summed E-state index contributed by atoms with van der Waals surface area (Å²) in [6, 6.07) is 19.8. The molecule has 3 aromatic carbocycles. The summed E-state index contributed by atoms with van der Waals surface area (Å²) in [5.41, 5.74) is 4.98. The van der Waals surface area contributed by atoms with E-state index in [4.69, 9.17) is 11.6 Å². The van der Waals surface area contributed by atoms with Gasteiger partial charge in [0, 0.05) is 16.9 Å². The van der Waals surface area contributed by atoms with E-state index in [1.807, 2.05) is 50.2 Å². The molecule has 3 aromatic rings. The van der Waals surface area contributed by atoms with Crippen molar-refractivity contribution in [2.45, 2.75) is 33.6 Å². The average Bonchev–Trinajstić information content (AvgIpc) is 3.04. The molecule has 0 saturated carbocycles. The number of nitrogens with one attached hydrogen (secondary N) is 2. The van der Waals surface area contributed by atoms with Gasteiger partial charge in [-0.15, -0.1) is 0 Å². The van der Waals surface area contributed by atoms with Crippen molar-refractivity contribution in [3.8, 4) is 0 Å². The Morgan fingerprint density at radius 1 is 0.886 bits per heavy atom. The number of hydrogen-bond donors (Lipinski definition) is 2. The van der Waals surface area contributed by atoms with Gasteiger partial charge in [-0.2, -0.15) is 0 Å². The van der Waals surface area contributed by atoms with E-state index in [0.717, 1.165) is 16.0 Å². The number of rotatable bonds is 6. The summed E-state index contributed by atoms with van der Waals surface area (Å²) in [6.07, 6.45) is 0. The zero-order valence-electron chi connectivity index (χ0n) is 20.0. The monoisotopic (exact) mass is 487 g/mol. The Kier molecular flexibility index (Phi) is 6.76. The van der Waals surface area contributed by atoms with Crippen molar-refractivity contribution >= 4 is 46.4 Å². The smallest absolute Gasteiger partial charge is 0.283 e. The molecule has 1 aliphatic rings. The quantitative estimate of drug-likeness (QED) is 0.411. The molecule has 3 amide bonds. The van der Waals surface area contributed by atoms with Crippen LogP contribution in [-0.2, 0) is 9.59 Å². The number of halogens is 1. The summed E-state index contributed by atoms with van der Waals surface area (Å²) in [6.45, 7) is 7.97. The minimum Gasteiger partial charge on any atom is -0.349 e. The fourth-order valence-electron chi connectivity index (χ4n) is 3.73. The number of amides is 3. The standard InChI is InChI=1S/C28H26ClN3O3/c1-16(2)19-9-11-21(12-10-19)30-26(33)20-8-7-18(4)23(15-20)31-25-24(29)27(34)32(28(25)35)22-13-5-17(3)6-14-22/h5-16,31H,1-4H3,(H,30,33). The number of nitrogens with zero attached hydrogens (tertiary/aromatic N) is 1. The first kappa shape index (κ1) is 24.2. The van der Waals surface area contributed by atoms with E-state index in [0.29, 0.717) is 28.5 Å². The van der Waals surface area contributed by atoms with Crippen LogP contribution in [0.2, 0.25) is 0 Å². The van der Waals surface area contributed by atoms with Crippen LogP contribution >= 0.6 is 11.6 Å². The second-order valence-electron chi connectivity index (χ2n) is 8.86. The Labute approximate surface area is 209 Å². The van der Waals surface area contributed by atoms with Gasteiger partial charge in [-0.25, -0.2) is 4.90 Å². The fraction of sp³-hybridized carbons (Fsp3) is 0.179. The molecule has 35 heavy (non-hydrogen) atoms.